The Balaban J connectivity index is 1.95. The fourth-order valence-electron chi connectivity index (χ4n) is 2.63. The molecule has 1 aromatic heterocycles. The second-order valence-electron chi connectivity index (χ2n) is 5.92. The number of hydrogen-bond acceptors (Lipinski definition) is 4. The number of β-amino-alcohol motifs (C(OH)–C–C–N with tert-alkyl or cyclic N) is 1. The summed E-state index contributed by atoms with van der Waals surface area (Å²) in [7, 11) is 3.65. The van der Waals surface area contributed by atoms with Crippen LogP contribution in [0.5, 0.6) is 0 Å². The third-order valence-corrected chi connectivity index (χ3v) is 3.52. The quantitative estimate of drug-likeness (QED) is 0.874. The van der Waals surface area contributed by atoms with Gasteiger partial charge in [0, 0.05) is 19.3 Å². The molecule has 1 atom stereocenters. The van der Waals surface area contributed by atoms with E-state index in [2.05, 4.69) is 5.10 Å². The Kier molecular flexibility index (Phi) is 4.48. The zero-order valence-electron chi connectivity index (χ0n) is 12.5. The molecule has 124 valence electrons. The van der Waals surface area contributed by atoms with Gasteiger partial charge in [-0.2, -0.15) is 18.3 Å². The number of halogens is 3. The molecular formula is C13H19F3N4O2. The molecule has 9 heteroatoms. The Morgan fingerprint density at radius 2 is 2.18 bits per heavy atom. The predicted octanol–water partition coefficient (Wildman–Crippen LogP) is 0.427. The molecule has 1 aliphatic rings. The summed E-state index contributed by atoms with van der Waals surface area (Å²) < 4.78 is 38.3. The predicted molar refractivity (Wildman–Crippen MR) is 71.9 cm³/mol. The molecule has 1 aliphatic heterocycles. The van der Waals surface area contributed by atoms with Crippen molar-refractivity contribution in [3.63, 3.8) is 0 Å². The summed E-state index contributed by atoms with van der Waals surface area (Å²) in [6.07, 6.45) is -2.94. The van der Waals surface area contributed by atoms with E-state index in [1.54, 1.807) is 0 Å². The van der Waals surface area contributed by atoms with Crippen molar-refractivity contribution in [2.75, 3.05) is 33.7 Å². The van der Waals surface area contributed by atoms with E-state index in [1.807, 2.05) is 19.0 Å². The Labute approximate surface area is 126 Å². The smallest absolute Gasteiger partial charge is 0.387 e. The maximum atomic E-state index is 12.5. The van der Waals surface area contributed by atoms with Gasteiger partial charge in [-0.1, -0.05) is 0 Å². The van der Waals surface area contributed by atoms with E-state index in [4.69, 9.17) is 0 Å². The Morgan fingerprint density at radius 3 is 2.73 bits per heavy atom. The number of rotatable bonds is 4. The summed E-state index contributed by atoms with van der Waals surface area (Å²) in [4.78, 5) is 15.4. The van der Waals surface area contributed by atoms with Crippen molar-refractivity contribution in [2.24, 2.45) is 0 Å². The van der Waals surface area contributed by atoms with Crippen LogP contribution in [0.3, 0.4) is 0 Å². The van der Waals surface area contributed by atoms with Crippen LogP contribution in [0.1, 0.15) is 12.1 Å². The summed E-state index contributed by atoms with van der Waals surface area (Å²) in [5, 5.41) is 13.7. The van der Waals surface area contributed by atoms with Gasteiger partial charge in [-0.05, 0) is 26.6 Å². The van der Waals surface area contributed by atoms with Crippen molar-refractivity contribution in [1.82, 2.24) is 19.6 Å². The molecule has 1 fully saturated rings. The molecule has 0 aromatic carbocycles. The first-order valence-electron chi connectivity index (χ1n) is 6.85. The van der Waals surface area contributed by atoms with Crippen LogP contribution < -0.4 is 0 Å². The second-order valence-corrected chi connectivity index (χ2v) is 5.92. The van der Waals surface area contributed by atoms with Crippen LogP contribution in [0.25, 0.3) is 0 Å². The molecule has 1 saturated heterocycles. The molecule has 2 rings (SSSR count). The van der Waals surface area contributed by atoms with E-state index in [1.165, 1.54) is 4.90 Å². The fraction of sp³-hybridized carbons (Fsp3) is 0.692. The van der Waals surface area contributed by atoms with Crippen molar-refractivity contribution >= 4 is 5.91 Å². The summed E-state index contributed by atoms with van der Waals surface area (Å²) in [6, 6.07) is 0.833. The number of amides is 1. The van der Waals surface area contributed by atoms with Gasteiger partial charge in [-0.25, -0.2) is 0 Å². The van der Waals surface area contributed by atoms with Crippen molar-refractivity contribution in [3.05, 3.63) is 18.0 Å². The largest absolute Gasteiger partial charge is 0.435 e. The van der Waals surface area contributed by atoms with E-state index < -0.39 is 17.5 Å². The molecule has 0 radical (unpaired) electrons. The van der Waals surface area contributed by atoms with Crippen LogP contribution in [0.4, 0.5) is 13.2 Å². The average molecular weight is 320 g/mol. The number of likely N-dealkylation sites (N-methyl/N-ethyl adjacent to an activating group) is 1. The molecule has 1 N–H and O–H groups in total. The van der Waals surface area contributed by atoms with Gasteiger partial charge in [-0.15, -0.1) is 0 Å². The lowest BCUT2D eigenvalue weighted by molar-refractivity contribution is -0.142. The molecule has 0 spiro atoms. The van der Waals surface area contributed by atoms with E-state index in [-0.39, 0.29) is 19.0 Å². The number of nitrogens with zero attached hydrogens (tertiary/aromatic N) is 4. The van der Waals surface area contributed by atoms with Gasteiger partial charge in [0.15, 0.2) is 5.69 Å². The van der Waals surface area contributed by atoms with Gasteiger partial charge >= 0.3 is 6.18 Å². The standard InChI is InChI=1S/C13H19F3N4O2/c1-18(2)8-12(22)4-6-19(9-12)11(21)7-20-5-3-10(17-20)13(14,15)16/h3,5,22H,4,6-9H2,1-2H3/t12-/m0/s1. The van der Waals surface area contributed by atoms with Crippen molar-refractivity contribution < 1.29 is 23.1 Å². The minimum atomic E-state index is -4.52. The van der Waals surface area contributed by atoms with E-state index in [9.17, 15) is 23.1 Å². The van der Waals surface area contributed by atoms with Crippen LogP contribution >= 0.6 is 0 Å². The van der Waals surface area contributed by atoms with Crippen molar-refractivity contribution in [3.8, 4) is 0 Å². The van der Waals surface area contributed by atoms with Crippen LogP contribution in [-0.4, -0.2) is 69.9 Å². The SMILES string of the molecule is CN(C)C[C@@]1(O)CCN(C(=O)Cn2ccc(C(F)(F)F)n2)C1. The summed E-state index contributed by atoms with van der Waals surface area (Å²) in [5.41, 5.74) is -1.99. The first kappa shape index (κ1) is 16.8. The maximum absolute atomic E-state index is 12.5. The normalized spacial score (nSPS) is 22.6. The molecule has 0 bridgehead atoms. The second kappa shape index (κ2) is 5.88. The van der Waals surface area contributed by atoms with Gasteiger partial charge in [0.05, 0.1) is 12.1 Å². The molecule has 1 aromatic rings. The Hall–Kier alpha value is -1.61. The minimum absolute atomic E-state index is 0.178. The van der Waals surface area contributed by atoms with Gasteiger partial charge in [0.25, 0.3) is 0 Å². The number of carbonyl (C=O) groups excluding carboxylic acids is 1. The molecule has 0 unspecified atom stereocenters. The lowest BCUT2D eigenvalue weighted by Crippen LogP contribution is -2.44. The highest BCUT2D eigenvalue weighted by molar-refractivity contribution is 5.76. The van der Waals surface area contributed by atoms with Crippen LogP contribution in [0.15, 0.2) is 12.3 Å². The topological polar surface area (TPSA) is 61.6 Å². The monoisotopic (exact) mass is 320 g/mol. The number of aliphatic hydroxyl groups is 1. The van der Waals surface area contributed by atoms with E-state index in [0.29, 0.717) is 19.5 Å². The van der Waals surface area contributed by atoms with Crippen molar-refractivity contribution in [1.29, 1.82) is 0 Å². The Bertz CT molecular complexity index is 544. The number of hydrogen-bond donors (Lipinski definition) is 1. The lowest BCUT2D eigenvalue weighted by Gasteiger charge is -2.26. The maximum Gasteiger partial charge on any atom is 0.435 e. The first-order chi connectivity index (χ1) is 10.1. The van der Waals surface area contributed by atoms with E-state index in [0.717, 1.165) is 16.9 Å². The summed E-state index contributed by atoms with van der Waals surface area (Å²) in [6.45, 7) is 0.721. The number of likely N-dealkylation sites (tertiary alicyclic amines) is 1. The van der Waals surface area contributed by atoms with Gasteiger partial charge in [0.1, 0.15) is 6.54 Å². The zero-order chi connectivity index (χ0) is 16.5. The van der Waals surface area contributed by atoms with Gasteiger partial charge < -0.3 is 14.9 Å². The number of aromatic nitrogens is 2. The Morgan fingerprint density at radius 1 is 1.50 bits per heavy atom. The third-order valence-electron chi connectivity index (χ3n) is 3.52. The van der Waals surface area contributed by atoms with Crippen LogP contribution in [-0.2, 0) is 17.5 Å². The lowest BCUT2D eigenvalue weighted by atomic mass is 10.0. The molecule has 6 nitrogen and oxygen atoms in total. The molecule has 1 amide bonds. The highest BCUT2D eigenvalue weighted by atomic mass is 19.4. The third kappa shape index (κ3) is 3.98. The number of alkyl halides is 3. The van der Waals surface area contributed by atoms with Gasteiger partial charge in [0.2, 0.25) is 5.91 Å². The van der Waals surface area contributed by atoms with Crippen LogP contribution in [0, 0.1) is 0 Å². The molecular weight excluding hydrogens is 301 g/mol. The zero-order valence-corrected chi connectivity index (χ0v) is 12.5. The summed E-state index contributed by atoms with van der Waals surface area (Å²) >= 11 is 0. The average Bonchev–Trinajstić information content (AvgIpc) is 2.94. The molecule has 2 heterocycles. The fourth-order valence-corrected chi connectivity index (χ4v) is 2.63. The van der Waals surface area contributed by atoms with Gasteiger partial charge in [-0.3, -0.25) is 9.48 Å². The molecule has 22 heavy (non-hydrogen) atoms. The summed E-state index contributed by atoms with van der Waals surface area (Å²) in [5.74, 6) is -0.355. The molecule has 0 aliphatic carbocycles. The highest BCUT2D eigenvalue weighted by Gasteiger charge is 2.39. The van der Waals surface area contributed by atoms with Crippen LogP contribution in [0.2, 0.25) is 0 Å². The highest BCUT2D eigenvalue weighted by Crippen LogP contribution is 2.27. The van der Waals surface area contributed by atoms with Crippen molar-refractivity contribution in [2.45, 2.75) is 24.7 Å². The molecule has 0 saturated carbocycles. The number of carbonyl (C=O) groups is 1. The van der Waals surface area contributed by atoms with E-state index >= 15 is 0 Å². The minimum Gasteiger partial charge on any atom is -0.387 e. The first-order valence-corrected chi connectivity index (χ1v) is 6.85.